The number of carbonyl (C=O) groups is 2. The normalized spacial score (nSPS) is 11.5. The fourth-order valence-electron chi connectivity index (χ4n) is 2.27. The van der Waals surface area contributed by atoms with Gasteiger partial charge >= 0.3 is 18.1 Å². The Labute approximate surface area is 123 Å². The second-order valence-corrected chi connectivity index (χ2v) is 4.65. The van der Waals surface area contributed by atoms with E-state index in [1.807, 2.05) is 0 Å². The molecule has 22 heavy (non-hydrogen) atoms. The lowest BCUT2D eigenvalue weighted by molar-refractivity contribution is -0.137. The lowest BCUT2D eigenvalue weighted by Gasteiger charge is -2.13. The maximum absolute atomic E-state index is 12.8. The summed E-state index contributed by atoms with van der Waals surface area (Å²) in [6.45, 7) is 1.36. The van der Waals surface area contributed by atoms with Gasteiger partial charge in [0.05, 0.1) is 23.8 Å². The molecule has 0 spiro atoms. The number of aromatic carboxylic acids is 1. The van der Waals surface area contributed by atoms with Crippen LogP contribution in [0, 0.1) is 6.92 Å². The molecule has 0 atom stereocenters. The topological polar surface area (TPSA) is 63.6 Å². The van der Waals surface area contributed by atoms with Gasteiger partial charge < -0.3 is 9.84 Å². The van der Waals surface area contributed by atoms with Crippen LogP contribution in [0.15, 0.2) is 24.3 Å². The second-order valence-electron chi connectivity index (χ2n) is 4.65. The van der Waals surface area contributed by atoms with Gasteiger partial charge in [-0.05, 0) is 41.5 Å². The van der Waals surface area contributed by atoms with Crippen molar-refractivity contribution in [3.8, 4) is 0 Å². The van der Waals surface area contributed by atoms with E-state index in [9.17, 15) is 27.9 Å². The molecule has 0 radical (unpaired) electrons. The number of halogens is 3. The van der Waals surface area contributed by atoms with Gasteiger partial charge in [-0.25, -0.2) is 9.59 Å². The van der Waals surface area contributed by atoms with Crippen molar-refractivity contribution in [3.63, 3.8) is 0 Å². The third kappa shape index (κ3) is 2.61. The molecule has 0 aromatic heterocycles. The Kier molecular flexibility index (Phi) is 3.83. The van der Waals surface area contributed by atoms with Crippen LogP contribution in [0.5, 0.6) is 0 Å². The number of benzene rings is 2. The molecular weight excluding hydrogens is 301 g/mol. The predicted molar refractivity (Wildman–Crippen MR) is 72.0 cm³/mol. The number of hydrogen-bond acceptors (Lipinski definition) is 3. The van der Waals surface area contributed by atoms with E-state index >= 15 is 0 Å². The summed E-state index contributed by atoms with van der Waals surface area (Å²) in [6.07, 6.45) is -4.58. The Morgan fingerprint density at radius 2 is 1.82 bits per heavy atom. The van der Waals surface area contributed by atoms with Crippen molar-refractivity contribution in [1.29, 1.82) is 0 Å². The van der Waals surface area contributed by atoms with Crippen molar-refractivity contribution in [2.75, 3.05) is 7.11 Å². The monoisotopic (exact) mass is 312 g/mol. The molecule has 2 rings (SSSR count). The lowest BCUT2D eigenvalue weighted by atomic mass is 9.93. The molecule has 0 aliphatic rings. The number of ether oxygens (including phenoxy) is 1. The minimum Gasteiger partial charge on any atom is -0.478 e. The molecule has 7 heteroatoms. The van der Waals surface area contributed by atoms with Crippen molar-refractivity contribution in [2.24, 2.45) is 0 Å². The zero-order valence-corrected chi connectivity index (χ0v) is 11.6. The molecule has 1 N–H and O–H groups in total. The molecule has 0 aliphatic heterocycles. The van der Waals surface area contributed by atoms with Crippen LogP contribution in [0.25, 0.3) is 10.8 Å². The highest BCUT2D eigenvalue weighted by Crippen LogP contribution is 2.34. The molecule has 0 fully saturated rings. The van der Waals surface area contributed by atoms with Crippen LogP contribution in [-0.2, 0) is 10.9 Å². The van der Waals surface area contributed by atoms with Gasteiger partial charge in [-0.2, -0.15) is 13.2 Å². The summed E-state index contributed by atoms with van der Waals surface area (Å²) in [6, 6.07) is 4.07. The number of esters is 1. The van der Waals surface area contributed by atoms with Crippen LogP contribution in [-0.4, -0.2) is 24.2 Å². The Bertz CT molecular complexity index is 778. The lowest BCUT2D eigenvalue weighted by Crippen LogP contribution is -2.11. The summed E-state index contributed by atoms with van der Waals surface area (Å²) in [5.74, 6) is -2.16. The Balaban J connectivity index is 2.88. The fourth-order valence-corrected chi connectivity index (χ4v) is 2.27. The first-order chi connectivity index (χ1) is 10.2. The zero-order valence-electron chi connectivity index (χ0n) is 11.6. The minimum absolute atomic E-state index is 0.00663. The van der Waals surface area contributed by atoms with Crippen LogP contribution in [0.3, 0.4) is 0 Å². The number of carboxylic acid groups (broad SMARTS) is 1. The molecular formula is C15H11F3O4. The first-order valence-corrected chi connectivity index (χ1v) is 6.13. The van der Waals surface area contributed by atoms with E-state index in [4.69, 9.17) is 0 Å². The number of carbonyl (C=O) groups excluding carboxylic acids is 1. The number of alkyl halides is 3. The van der Waals surface area contributed by atoms with Crippen molar-refractivity contribution < 1.29 is 32.6 Å². The average molecular weight is 312 g/mol. The van der Waals surface area contributed by atoms with E-state index in [1.54, 1.807) is 0 Å². The van der Waals surface area contributed by atoms with Gasteiger partial charge in [-0.1, -0.05) is 6.07 Å². The van der Waals surface area contributed by atoms with Crippen LogP contribution in [0.2, 0.25) is 0 Å². The Hall–Kier alpha value is -2.57. The molecule has 0 amide bonds. The summed E-state index contributed by atoms with van der Waals surface area (Å²) < 4.78 is 42.9. The van der Waals surface area contributed by atoms with Crippen molar-refractivity contribution in [1.82, 2.24) is 0 Å². The highest BCUT2D eigenvalue weighted by Gasteiger charge is 2.31. The molecule has 2 aromatic carbocycles. The standard InChI is InChI=1S/C15H11F3O4/c1-7-10(14(21)22-2)5-8-3-4-9(15(16,17)18)6-11(8)12(7)13(19)20/h3-6H,1-2H3,(H,19,20). The van der Waals surface area contributed by atoms with Gasteiger partial charge in [0, 0.05) is 0 Å². The van der Waals surface area contributed by atoms with Crippen molar-refractivity contribution >= 4 is 22.7 Å². The minimum atomic E-state index is -4.58. The summed E-state index contributed by atoms with van der Waals surface area (Å²) >= 11 is 0. The molecule has 116 valence electrons. The SMILES string of the molecule is COC(=O)c1cc2ccc(C(F)(F)F)cc2c(C(=O)O)c1C. The van der Waals surface area contributed by atoms with Crippen LogP contribution in [0.1, 0.15) is 31.8 Å². The second kappa shape index (κ2) is 5.32. The average Bonchev–Trinajstić information content (AvgIpc) is 2.43. The van der Waals surface area contributed by atoms with E-state index in [0.29, 0.717) is 0 Å². The Morgan fingerprint density at radius 3 is 2.32 bits per heavy atom. The van der Waals surface area contributed by atoms with Gasteiger partial charge in [0.15, 0.2) is 0 Å². The van der Waals surface area contributed by atoms with Crippen molar-refractivity contribution in [2.45, 2.75) is 13.1 Å². The summed E-state index contributed by atoms with van der Waals surface area (Å²) in [7, 11) is 1.14. The predicted octanol–water partition coefficient (Wildman–Crippen LogP) is 3.65. The van der Waals surface area contributed by atoms with Crippen LogP contribution < -0.4 is 0 Å². The molecule has 0 heterocycles. The van der Waals surface area contributed by atoms with Gasteiger partial charge in [0.1, 0.15) is 0 Å². The van der Waals surface area contributed by atoms with E-state index < -0.39 is 23.7 Å². The molecule has 0 saturated heterocycles. The van der Waals surface area contributed by atoms with E-state index in [1.165, 1.54) is 13.0 Å². The van der Waals surface area contributed by atoms with Gasteiger partial charge in [-0.15, -0.1) is 0 Å². The van der Waals surface area contributed by atoms with Gasteiger partial charge in [-0.3, -0.25) is 0 Å². The van der Waals surface area contributed by atoms with Crippen molar-refractivity contribution in [3.05, 3.63) is 46.5 Å². The maximum Gasteiger partial charge on any atom is 0.416 e. The molecule has 0 unspecified atom stereocenters. The Morgan fingerprint density at radius 1 is 1.18 bits per heavy atom. The molecule has 0 saturated carbocycles. The summed E-state index contributed by atoms with van der Waals surface area (Å²) in [5, 5.41) is 9.45. The fraction of sp³-hybridized carbons (Fsp3) is 0.200. The van der Waals surface area contributed by atoms with Gasteiger partial charge in [0.2, 0.25) is 0 Å². The number of carboxylic acids is 1. The number of rotatable bonds is 2. The third-order valence-corrected chi connectivity index (χ3v) is 3.35. The van der Waals surface area contributed by atoms with Gasteiger partial charge in [0.25, 0.3) is 0 Å². The largest absolute Gasteiger partial charge is 0.478 e. The highest BCUT2D eigenvalue weighted by molar-refractivity contribution is 6.09. The summed E-state index contributed by atoms with van der Waals surface area (Å²) in [4.78, 5) is 23.1. The van der Waals surface area contributed by atoms with E-state index in [-0.39, 0.29) is 27.5 Å². The number of hydrogen-bond donors (Lipinski definition) is 1. The molecule has 4 nitrogen and oxygen atoms in total. The van der Waals surface area contributed by atoms with Crippen LogP contribution >= 0.6 is 0 Å². The highest BCUT2D eigenvalue weighted by atomic mass is 19.4. The summed E-state index contributed by atoms with van der Waals surface area (Å²) in [5.41, 5.74) is -1.23. The van der Waals surface area contributed by atoms with E-state index in [0.717, 1.165) is 25.3 Å². The molecule has 0 aliphatic carbocycles. The number of methoxy groups -OCH3 is 1. The smallest absolute Gasteiger partial charge is 0.416 e. The quantitative estimate of drug-likeness (QED) is 0.860. The zero-order chi connectivity index (χ0) is 16.7. The molecule has 2 aromatic rings. The number of fused-ring (bicyclic) bond motifs is 1. The first-order valence-electron chi connectivity index (χ1n) is 6.13. The first kappa shape index (κ1) is 15.8. The molecule has 0 bridgehead atoms. The van der Waals surface area contributed by atoms with Crippen LogP contribution in [0.4, 0.5) is 13.2 Å². The maximum atomic E-state index is 12.8. The third-order valence-electron chi connectivity index (χ3n) is 3.35. The van der Waals surface area contributed by atoms with E-state index in [2.05, 4.69) is 4.74 Å².